The van der Waals surface area contributed by atoms with Gasteiger partial charge in [-0.15, -0.1) is 0 Å². The first-order chi connectivity index (χ1) is 19.1. The van der Waals surface area contributed by atoms with E-state index in [1.54, 1.807) is 0 Å². The highest BCUT2D eigenvalue weighted by Gasteiger charge is 2.22. The minimum Gasteiger partial charge on any atom is -0.457 e. The maximum absolute atomic E-state index is 13.2. The van der Waals surface area contributed by atoms with Crippen molar-refractivity contribution >= 4 is 24.3 Å². The van der Waals surface area contributed by atoms with E-state index in [0.717, 1.165) is 48.1 Å². The molecule has 3 aromatic carbocycles. The molecule has 1 atom stereocenters. The molecule has 0 radical (unpaired) electrons. The second-order valence-electron chi connectivity index (χ2n) is 9.62. The van der Waals surface area contributed by atoms with Crippen molar-refractivity contribution in [1.29, 1.82) is 0 Å². The minimum atomic E-state index is -0.807. The standard InChI is InChI=1S/C32H35N3O4/c1-2-7-23-8-5-12-28(18-23)39-27-16-14-24(15-17-27)19-30(35-31(37)21-33-22-36)32(38)34-20-26-11-6-10-25-9-3-4-13-29(25)26/h4-6,8,10-18,22,30H,2-3,7,9,19-21H2,1H3,(H,33,36)(H,34,38)(H,35,37). The van der Waals surface area contributed by atoms with Crippen LogP contribution in [0.3, 0.4) is 0 Å². The lowest BCUT2D eigenvalue weighted by Gasteiger charge is -2.20. The van der Waals surface area contributed by atoms with Gasteiger partial charge >= 0.3 is 0 Å². The third kappa shape index (κ3) is 8.04. The summed E-state index contributed by atoms with van der Waals surface area (Å²) in [6.07, 6.45) is 9.06. The molecule has 39 heavy (non-hydrogen) atoms. The number of benzene rings is 3. The van der Waals surface area contributed by atoms with Gasteiger partial charge in [0.25, 0.3) is 0 Å². The van der Waals surface area contributed by atoms with Crippen LogP contribution < -0.4 is 20.7 Å². The maximum atomic E-state index is 13.2. The van der Waals surface area contributed by atoms with E-state index >= 15 is 0 Å². The van der Waals surface area contributed by atoms with Gasteiger partial charge in [0.2, 0.25) is 18.2 Å². The predicted octanol–water partition coefficient (Wildman–Crippen LogP) is 4.48. The zero-order valence-electron chi connectivity index (χ0n) is 22.2. The van der Waals surface area contributed by atoms with Crippen molar-refractivity contribution in [3.8, 4) is 11.5 Å². The van der Waals surface area contributed by atoms with Gasteiger partial charge in [0, 0.05) is 13.0 Å². The van der Waals surface area contributed by atoms with Gasteiger partial charge in [-0.25, -0.2) is 0 Å². The molecular formula is C32H35N3O4. The summed E-state index contributed by atoms with van der Waals surface area (Å²) in [6, 6.07) is 20.9. The number of fused-ring (bicyclic) bond motifs is 1. The Morgan fingerprint density at radius 2 is 1.82 bits per heavy atom. The van der Waals surface area contributed by atoms with Gasteiger partial charge in [0.05, 0.1) is 6.54 Å². The molecule has 0 bridgehead atoms. The van der Waals surface area contributed by atoms with Crippen molar-refractivity contribution in [3.63, 3.8) is 0 Å². The fourth-order valence-corrected chi connectivity index (χ4v) is 4.71. The third-order valence-corrected chi connectivity index (χ3v) is 6.64. The molecule has 3 N–H and O–H groups in total. The highest BCUT2D eigenvalue weighted by atomic mass is 16.5. The predicted molar refractivity (Wildman–Crippen MR) is 152 cm³/mol. The SMILES string of the molecule is CCCc1cccc(Oc2ccc(CC(NC(=O)CNC=O)C(=O)NCc3cccc4c3C=CCC4)cc2)c1. The third-order valence-electron chi connectivity index (χ3n) is 6.64. The van der Waals surface area contributed by atoms with Crippen molar-refractivity contribution in [3.05, 3.63) is 101 Å². The van der Waals surface area contributed by atoms with Crippen LogP contribution in [-0.4, -0.2) is 30.8 Å². The van der Waals surface area contributed by atoms with Crippen LogP contribution in [0.2, 0.25) is 0 Å². The highest BCUT2D eigenvalue weighted by Crippen LogP contribution is 2.24. The molecule has 0 fully saturated rings. The normalized spacial score (nSPS) is 12.6. The molecule has 7 heteroatoms. The van der Waals surface area contributed by atoms with Crippen LogP contribution in [0.25, 0.3) is 6.08 Å². The molecule has 1 unspecified atom stereocenters. The lowest BCUT2D eigenvalue weighted by atomic mass is 9.93. The first-order valence-corrected chi connectivity index (χ1v) is 13.4. The number of allylic oxidation sites excluding steroid dienone is 1. The summed E-state index contributed by atoms with van der Waals surface area (Å²) in [5.41, 5.74) is 5.55. The molecule has 0 saturated heterocycles. The molecule has 7 nitrogen and oxygen atoms in total. The van der Waals surface area contributed by atoms with Crippen LogP contribution in [-0.2, 0) is 40.2 Å². The zero-order chi connectivity index (χ0) is 27.5. The van der Waals surface area contributed by atoms with Gasteiger partial charge in [0.15, 0.2) is 0 Å². The summed E-state index contributed by atoms with van der Waals surface area (Å²) < 4.78 is 6.02. The minimum absolute atomic E-state index is 0.200. The van der Waals surface area contributed by atoms with E-state index in [1.807, 2.05) is 54.6 Å². The maximum Gasteiger partial charge on any atom is 0.243 e. The van der Waals surface area contributed by atoms with Crippen molar-refractivity contribution in [2.24, 2.45) is 0 Å². The molecule has 3 aromatic rings. The number of ether oxygens (including phenoxy) is 1. The molecule has 4 rings (SSSR count). The van der Waals surface area contributed by atoms with Gasteiger partial charge < -0.3 is 20.7 Å². The van der Waals surface area contributed by atoms with Crippen LogP contribution >= 0.6 is 0 Å². The van der Waals surface area contributed by atoms with Crippen molar-refractivity contribution in [1.82, 2.24) is 16.0 Å². The summed E-state index contributed by atoms with van der Waals surface area (Å²) in [6.45, 7) is 2.30. The van der Waals surface area contributed by atoms with Crippen LogP contribution in [0.1, 0.15) is 47.6 Å². The average Bonchev–Trinajstić information content (AvgIpc) is 2.96. The Morgan fingerprint density at radius 1 is 1.00 bits per heavy atom. The van der Waals surface area contributed by atoms with Gasteiger partial charge in [-0.3, -0.25) is 14.4 Å². The van der Waals surface area contributed by atoms with E-state index in [9.17, 15) is 14.4 Å². The van der Waals surface area contributed by atoms with Crippen molar-refractivity contribution < 1.29 is 19.1 Å². The number of aryl methyl sites for hydroxylation is 2. The van der Waals surface area contributed by atoms with Gasteiger partial charge in [-0.1, -0.05) is 68.0 Å². The van der Waals surface area contributed by atoms with Gasteiger partial charge in [-0.2, -0.15) is 0 Å². The zero-order valence-corrected chi connectivity index (χ0v) is 22.2. The fourth-order valence-electron chi connectivity index (χ4n) is 4.71. The molecule has 1 aliphatic rings. The number of carbonyl (C=O) groups is 3. The second-order valence-corrected chi connectivity index (χ2v) is 9.62. The van der Waals surface area contributed by atoms with Crippen LogP contribution in [0.4, 0.5) is 0 Å². The molecule has 3 amide bonds. The molecule has 0 saturated carbocycles. The quantitative estimate of drug-likeness (QED) is 0.287. The summed E-state index contributed by atoms with van der Waals surface area (Å²) in [5, 5.41) is 8.08. The Labute approximate surface area is 229 Å². The molecule has 0 aliphatic heterocycles. The van der Waals surface area contributed by atoms with E-state index in [4.69, 9.17) is 4.74 Å². The number of nitrogens with one attached hydrogen (secondary N) is 3. The number of rotatable bonds is 13. The largest absolute Gasteiger partial charge is 0.457 e. The van der Waals surface area contributed by atoms with E-state index in [0.29, 0.717) is 18.7 Å². The summed E-state index contributed by atoms with van der Waals surface area (Å²) >= 11 is 0. The Balaban J connectivity index is 1.42. The van der Waals surface area contributed by atoms with E-state index in [2.05, 4.69) is 47.2 Å². The number of hydrogen-bond donors (Lipinski definition) is 3. The van der Waals surface area contributed by atoms with E-state index < -0.39 is 11.9 Å². The lowest BCUT2D eigenvalue weighted by Crippen LogP contribution is -2.49. The molecule has 0 spiro atoms. The number of amides is 3. The highest BCUT2D eigenvalue weighted by molar-refractivity contribution is 5.89. The van der Waals surface area contributed by atoms with Gasteiger partial charge in [-0.05, 0) is 71.3 Å². The van der Waals surface area contributed by atoms with Crippen LogP contribution in [0, 0.1) is 0 Å². The Bertz CT molecular complexity index is 1320. The Kier molecular flexibility index (Phi) is 9.89. The van der Waals surface area contributed by atoms with Gasteiger partial charge in [0.1, 0.15) is 17.5 Å². The van der Waals surface area contributed by atoms with E-state index in [1.165, 1.54) is 11.1 Å². The number of hydrogen-bond acceptors (Lipinski definition) is 4. The number of carbonyl (C=O) groups excluding carboxylic acids is 3. The molecule has 0 heterocycles. The Hall–Kier alpha value is -4.39. The smallest absolute Gasteiger partial charge is 0.243 e. The van der Waals surface area contributed by atoms with Crippen LogP contribution in [0.15, 0.2) is 72.8 Å². The molecule has 202 valence electrons. The second kappa shape index (κ2) is 14.0. The fraction of sp³-hybridized carbons (Fsp3) is 0.281. The monoisotopic (exact) mass is 525 g/mol. The molecule has 0 aromatic heterocycles. The molecule has 1 aliphatic carbocycles. The lowest BCUT2D eigenvalue weighted by molar-refractivity contribution is -0.129. The van der Waals surface area contributed by atoms with Crippen molar-refractivity contribution in [2.75, 3.05) is 6.54 Å². The molecular weight excluding hydrogens is 490 g/mol. The first-order valence-electron chi connectivity index (χ1n) is 13.4. The summed E-state index contributed by atoms with van der Waals surface area (Å²) in [5.74, 6) is 0.738. The average molecular weight is 526 g/mol. The Morgan fingerprint density at radius 3 is 2.62 bits per heavy atom. The first kappa shape index (κ1) is 27.6. The summed E-state index contributed by atoms with van der Waals surface area (Å²) in [4.78, 5) is 36.2. The van der Waals surface area contributed by atoms with Crippen molar-refractivity contribution in [2.45, 2.75) is 51.6 Å². The van der Waals surface area contributed by atoms with E-state index in [-0.39, 0.29) is 18.9 Å². The summed E-state index contributed by atoms with van der Waals surface area (Å²) in [7, 11) is 0. The topological polar surface area (TPSA) is 96.5 Å². The van der Waals surface area contributed by atoms with Crippen LogP contribution in [0.5, 0.6) is 11.5 Å².